The van der Waals surface area contributed by atoms with Gasteiger partial charge in [0.15, 0.2) is 5.75 Å². The molecule has 0 radical (unpaired) electrons. The molecule has 2 fully saturated rings. The number of ether oxygens (including phenoxy) is 1. The van der Waals surface area contributed by atoms with Crippen molar-refractivity contribution in [2.75, 3.05) is 25.5 Å². The van der Waals surface area contributed by atoms with Crippen LogP contribution in [-0.4, -0.2) is 37.8 Å². The summed E-state index contributed by atoms with van der Waals surface area (Å²) in [7, 11) is 3.56. The van der Waals surface area contributed by atoms with Crippen LogP contribution >= 0.6 is 0 Å². The lowest BCUT2D eigenvalue weighted by Gasteiger charge is -2.41. The van der Waals surface area contributed by atoms with Gasteiger partial charge < -0.3 is 9.64 Å². The van der Waals surface area contributed by atoms with Crippen LogP contribution in [-0.2, 0) is 5.41 Å². The minimum Gasteiger partial charge on any atom is -0.413 e. The smallest absolute Gasteiger partial charge is 0.413 e. The summed E-state index contributed by atoms with van der Waals surface area (Å²) in [5.41, 5.74) is 1.76. The van der Waals surface area contributed by atoms with Crippen molar-refractivity contribution < 1.29 is 13.5 Å². The standard InChI is InChI=1S/C17H22F2N2O/c1-20-10-9-16(8-4-3-5-15(16)20)12-6-7-13-14(11-12)22-17(18,19)21(13)2/h6-7,11,15H,3-5,8-10H2,1-2H3/t15-,16-/m0/s1. The first-order valence-electron chi connectivity index (χ1n) is 8.09. The van der Waals surface area contributed by atoms with Gasteiger partial charge in [-0.3, -0.25) is 4.90 Å². The Morgan fingerprint density at radius 2 is 2.00 bits per heavy atom. The zero-order chi connectivity index (χ0) is 15.5. The lowest BCUT2D eigenvalue weighted by molar-refractivity contribution is -0.159. The van der Waals surface area contributed by atoms with Crippen molar-refractivity contribution in [1.29, 1.82) is 0 Å². The van der Waals surface area contributed by atoms with Crippen LogP contribution in [0.1, 0.15) is 37.7 Å². The van der Waals surface area contributed by atoms with Crippen LogP contribution in [0.3, 0.4) is 0 Å². The number of hydrogen-bond acceptors (Lipinski definition) is 3. The largest absolute Gasteiger partial charge is 0.496 e. The van der Waals surface area contributed by atoms with E-state index in [1.165, 1.54) is 31.9 Å². The summed E-state index contributed by atoms with van der Waals surface area (Å²) in [6.45, 7) is 1.08. The average Bonchev–Trinajstić information content (AvgIpc) is 2.96. The minimum absolute atomic E-state index is 0.113. The molecule has 5 heteroatoms. The van der Waals surface area contributed by atoms with E-state index in [4.69, 9.17) is 4.74 Å². The quantitative estimate of drug-likeness (QED) is 0.738. The maximum absolute atomic E-state index is 13.7. The van der Waals surface area contributed by atoms with Gasteiger partial charge in [0.05, 0.1) is 5.69 Å². The fourth-order valence-corrected chi connectivity index (χ4v) is 4.69. The van der Waals surface area contributed by atoms with Crippen molar-refractivity contribution >= 4 is 5.69 Å². The summed E-state index contributed by atoms with van der Waals surface area (Å²) in [6, 6.07) is 6.23. The molecule has 0 N–H and O–H groups in total. The Morgan fingerprint density at radius 3 is 2.82 bits per heavy atom. The third-order valence-electron chi connectivity index (χ3n) is 5.95. The molecule has 0 aromatic heterocycles. The van der Waals surface area contributed by atoms with Gasteiger partial charge in [0, 0.05) is 18.5 Å². The molecule has 0 spiro atoms. The second-order valence-electron chi connectivity index (χ2n) is 6.98. The van der Waals surface area contributed by atoms with E-state index in [0.717, 1.165) is 24.3 Å². The fourth-order valence-electron chi connectivity index (χ4n) is 4.69. The molecule has 1 aliphatic carbocycles. The summed E-state index contributed by atoms with van der Waals surface area (Å²) in [6.07, 6.45) is 2.70. The normalized spacial score (nSPS) is 33.5. The first-order valence-corrected chi connectivity index (χ1v) is 8.09. The molecule has 1 saturated carbocycles. The molecule has 0 unspecified atom stereocenters. The van der Waals surface area contributed by atoms with Crippen LogP contribution in [0.2, 0.25) is 0 Å². The molecule has 1 saturated heterocycles. The predicted octanol–water partition coefficient (Wildman–Crippen LogP) is 3.58. The molecule has 22 heavy (non-hydrogen) atoms. The number of hydrogen-bond donors (Lipinski definition) is 0. The molecule has 1 aromatic carbocycles. The topological polar surface area (TPSA) is 15.7 Å². The van der Waals surface area contributed by atoms with E-state index in [9.17, 15) is 8.78 Å². The monoisotopic (exact) mass is 308 g/mol. The van der Waals surface area contributed by atoms with Crippen molar-refractivity contribution in [3.63, 3.8) is 0 Å². The Bertz CT molecular complexity index is 602. The average molecular weight is 308 g/mol. The summed E-state index contributed by atoms with van der Waals surface area (Å²) in [5, 5.41) is 0. The highest BCUT2D eigenvalue weighted by molar-refractivity contribution is 5.64. The Morgan fingerprint density at radius 1 is 1.18 bits per heavy atom. The number of likely N-dealkylation sites (N-methyl/N-ethyl adjacent to an activating group) is 1. The summed E-state index contributed by atoms with van der Waals surface area (Å²) < 4.78 is 32.3. The molecule has 1 aromatic rings. The number of likely N-dealkylation sites (tertiary alicyclic amines) is 1. The number of fused-ring (bicyclic) bond motifs is 2. The van der Waals surface area contributed by atoms with Crippen LogP contribution in [0.5, 0.6) is 5.75 Å². The molecule has 3 aliphatic rings. The van der Waals surface area contributed by atoms with Gasteiger partial charge in [-0.2, -0.15) is 0 Å². The lowest BCUT2D eigenvalue weighted by Crippen LogP contribution is -2.43. The Balaban J connectivity index is 1.75. The molecule has 2 aliphatic heterocycles. The molecule has 2 atom stereocenters. The predicted molar refractivity (Wildman–Crippen MR) is 81.6 cm³/mol. The van der Waals surface area contributed by atoms with Crippen molar-refractivity contribution in [3.05, 3.63) is 23.8 Å². The van der Waals surface area contributed by atoms with Gasteiger partial charge in [0.1, 0.15) is 0 Å². The van der Waals surface area contributed by atoms with Crippen LogP contribution in [0.4, 0.5) is 14.5 Å². The van der Waals surface area contributed by atoms with Gasteiger partial charge in [-0.1, -0.05) is 18.9 Å². The first kappa shape index (κ1) is 14.2. The Hall–Kier alpha value is -1.36. The van der Waals surface area contributed by atoms with Crippen molar-refractivity contribution in [3.8, 4) is 5.75 Å². The Kier molecular flexibility index (Phi) is 2.96. The van der Waals surface area contributed by atoms with Crippen LogP contribution in [0, 0.1) is 0 Å². The van der Waals surface area contributed by atoms with E-state index >= 15 is 0 Å². The number of alkyl halides is 2. The molecule has 0 amide bonds. The van der Waals surface area contributed by atoms with Crippen molar-refractivity contribution in [2.45, 2.75) is 49.8 Å². The number of anilines is 1. The van der Waals surface area contributed by atoms with E-state index in [2.05, 4.69) is 11.9 Å². The van der Waals surface area contributed by atoms with E-state index in [1.807, 2.05) is 12.1 Å². The van der Waals surface area contributed by atoms with Crippen LogP contribution in [0.25, 0.3) is 0 Å². The molecule has 2 heterocycles. The van der Waals surface area contributed by atoms with Crippen molar-refractivity contribution in [1.82, 2.24) is 4.90 Å². The van der Waals surface area contributed by atoms with Crippen molar-refractivity contribution in [2.24, 2.45) is 0 Å². The minimum atomic E-state index is -3.24. The molecule has 3 nitrogen and oxygen atoms in total. The highest BCUT2D eigenvalue weighted by atomic mass is 19.3. The van der Waals surface area contributed by atoms with Crippen LogP contribution in [0.15, 0.2) is 18.2 Å². The molecule has 120 valence electrons. The van der Waals surface area contributed by atoms with E-state index in [0.29, 0.717) is 17.5 Å². The number of halogens is 2. The van der Waals surface area contributed by atoms with Gasteiger partial charge in [0.2, 0.25) is 0 Å². The number of rotatable bonds is 1. The molecular weight excluding hydrogens is 286 g/mol. The molecular formula is C17H22F2N2O. The fraction of sp³-hybridized carbons (Fsp3) is 0.647. The summed E-state index contributed by atoms with van der Waals surface area (Å²) in [5.74, 6) is 0.318. The molecule has 0 bridgehead atoms. The number of benzene rings is 1. The summed E-state index contributed by atoms with van der Waals surface area (Å²) in [4.78, 5) is 3.34. The second kappa shape index (κ2) is 4.57. The third kappa shape index (κ3) is 1.81. The zero-order valence-corrected chi connectivity index (χ0v) is 13.1. The Labute approximate surface area is 129 Å². The first-order chi connectivity index (χ1) is 10.4. The maximum atomic E-state index is 13.7. The van der Waals surface area contributed by atoms with Gasteiger partial charge in [-0.05, 0) is 50.6 Å². The van der Waals surface area contributed by atoms with Gasteiger partial charge >= 0.3 is 6.23 Å². The lowest BCUT2D eigenvalue weighted by atomic mass is 9.66. The van der Waals surface area contributed by atoms with E-state index in [-0.39, 0.29) is 5.41 Å². The SMILES string of the molecule is CN1CC[C@]2(c3ccc4c(c3)OC(F)(F)N4C)CCCC[C@H]12. The molecule has 4 rings (SSSR count). The highest BCUT2D eigenvalue weighted by Gasteiger charge is 2.50. The van der Waals surface area contributed by atoms with E-state index in [1.54, 1.807) is 6.07 Å². The van der Waals surface area contributed by atoms with Gasteiger partial charge in [-0.15, -0.1) is 8.78 Å². The van der Waals surface area contributed by atoms with Gasteiger partial charge in [-0.25, -0.2) is 0 Å². The van der Waals surface area contributed by atoms with E-state index < -0.39 is 6.23 Å². The third-order valence-corrected chi connectivity index (χ3v) is 5.95. The number of nitrogens with zero attached hydrogens (tertiary/aromatic N) is 2. The second-order valence-corrected chi connectivity index (χ2v) is 6.98. The summed E-state index contributed by atoms with van der Waals surface area (Å²) >= 11 is 0. The van der Waals surface area contributed by atoms with Gasteiger partial charge in [0.25, 0.3) is 0 Å². The highest BCUT2D eigenvalue weighted by Crippen LogP contribution is 2.51. The zero-order valence-electron chi connectivity index (χ0n) is 13.1. The maximum Gasteiger partial charge on any atom is 0.496 e. The van der Waals surface area contributed by atoms with Crippen LogP contribution < -0.4 is 9.64 Å².